The largest absolute Gasteiger partial charge is 0.399 e. The Morgan fingerprint density at radius 1 is 0.939 bits per heavy atom. The third kappa shape index (κ3) is 3.93. The second-order valence-electron chi connectivity index (χ2n) is 9.07. The standard InChI is InChI=1S/C27H27N3O2S/c28-20-5-7-22-24(15-20)33-25-16-21(29)6-8-23(25)26(22)19-3-1-18(2-4-19)17-30-11-9-27(10-12-30)31-13-14-32-27/h1-8,15-16,28H,9-14,17,29H2/p+1. The molecular weight excluding hydrogens is 430 g/mol. The molecule has 6 heteroatoms. The number of nitrogens with two attached hydrogens (primary N) is 2. The summed E-state index contributed by atoms with van der Waals surface area (Å²) in [5, 5.41) is 8.09. The molecule has 0 bridgehead atoms. The van der Waals surface area contributed by atoms with Gasteiger partial charge in [-0.1, -0.05) is 30.3 Å². The van der Waals surface area contributed by atoms with Crippen LogP contribution in [-0.2, 0) is 16.0 Å². The molecule has 0 radical (unpaired) electrons. The molecule has 0 saturated carbocycles. The average Bonchev–Trinajstić information content (AvgIpc) is 3.28. The first-order chi connectivity index (χ1) is 16.1. The van der Waals surface area contributed by atoms with E-state index in [-0.39, 0.29) is 5.79 Å². The molecule has 2 fully saturated rings. The zero-order valence-corrected chi connectivity index (χ0v) is 19.4. The third-order valence-corrected chi connectivity index (χ3v) is 7.97. The number of nitrogens with zero attached hydrogens (tertiary/aromatic N) is 1. The van der Waals surface area contributed by atoms with Crippen LogP contribution >= 0.6 is 11.3 Å². The quantitative estimate of drug-likeness (QED) is 0.365. The Hall–Kier alpha value is -2.77. The van der Waals surface area contributed by atoms with Gasteiger partial charge < -0.3 is 15.2 Å². The monoisotopic (exact) mass is 458 g/mol. The van der Waals surface area contributed by atoms with Crippen LogP contribution in [0.25, 0.3) is 31.7 Å². The number of ether oxygens (including phenoxy) is 2. The van der Waals surface area contributed by atoms with Crippen LogP contribution in [0.5, 0.6) is 0 Å². The van der Waals surface area contributed by atoms with Crippen LogP contribution in [0.3, 0.4) is 0 Å². The Balaban J connectivity index is 1.30. The topological polar surface area (TPSA) is 73.3 Å². The van der Waals surface area contributed by atoms with Gasteiger partial charge in [0, 0.05) is 70.8 Å². The van der Waals surface area contributed by atoms with E-state index in [1.165, 1.54) is 37.2 Å². The molecule has 3 aliphatic heterocycles. The van der Waals surface area contributed by atoms with E-state index in [1.54, 1.807) is 11.3 Å². The molecule has 168 valence electrons. The highest BCUT2D eigenvalue weighted by molar-refractivity contribution is 7.21. The van der Waals surface area contributed by atoms with Crippen LogP contribution in [0.4, 0.5) is 5.69 Å². The molecule has 2 aromatic carbocycles. The van der Waals surface area contributed by atoms with E-state index in [4.69, 9.17) is 20.6 Å². The van der Waals surface area contributed by atoms with Gasteiger partial charge in [-0.3, -0.25) is 10.3 Å². The van der Waals surface area contributed by atoms with Gasteiger partial charge in [-0.05, 0) is 34.9 Å². The Bertz CT molecular complexity index is 1330. The number of nitrogen functional groups attached to an aromatic ring is 1. The van der Waals surface area contributed by atoms with Gasteiger partial charge in [-0.25, -0.2) is 0 Å². The summed E-state index contributed by atoms with van der Waals surface area (Å²) in [6, 6.07) is 21.4. The average molecular weight is 459 g/mol. The van der Waals surface area contributed by atoms with Crippen LogP contribution in [0, 0.1) is 0 Å². The summed E-state index contributed by atoms with van der Waals surface area (Å²) in [5.74, 6) is -0.316. The van der Waals surface area contributed by atoms with Crippen molar-refractivity contribution in [2.75, 3.05) is 32.0 Å². The fourth-order valence-corrected chi connectivity index (χ4v) is 6.29. The number of piperidine rings is 1. The van der Waals surface area contributed by atoms with Gasteiger partial charge in [0.2, 0.25) is 0 Å². The molecule has 2 saturated heterocycles. The number of hydrogen-bond acceptors (Lipinski definition) is 5. The van der Waals surface area contributed by atoms with Crippen LogP contribution in [0.1, 0.15) is 18.4 Å². The third-order valence-electron chi connectivity index (χ3n) is 6.85. The number of hydrogen-bond donors (Lipinski definition) is 2. The molecule has 6 rings (SSSR count). The zero-order valence-electron chi connectivity index (χ0n) is 18.5. The summed E-state index contributed by atoms with van der Waals surface area (Å²) < 4.78 is 12.9. The van der Waals surface area contributed by atoms with Crippen molar-refractivity contribution in [2.45, 2.75) is 25.2 Å². The highest BCUT2D eigenvalue weighted by atomic mass is 32.1. The van der Waals surface area contributed by atoms with Crippen molar-refractivity contribution in [3.05, 3.63) is 71.6 Å². The Labute approximate surface area is 197 Å². The smallest absolute Gasteiger partial charge is 0.198 e. The first-order valence-electron chi connectivity index (χ1n) is 11.5. The van der Waals surface area contributed by atoms with E-state index in [9.17, 15) is 0 Å². The molecule has 3 heterocycles. The second-order valence-corrected chi connectivity index (χ2v) is 10.2. The molecule has 4 aliphatic rings. The van der Waals surface area contributed by atoms with Crippen molar-refractivity contribution >= 4 is 27.1 Å². The van der Waals surface area contributed by atoms with Gasteiger partial charge in [0.25, 0.3) is 0 Å². The SMILES string of the molecule is Nc1ccc2c(-c3ccc(CN4CCC5(CC4)OCCO5)cc3)c3ccc(=[NH2+])cc-3sc2c1. The zero-order chi connectivity index (χ0) is 22.4. The van der Waals surface area contributed by atoms with Crippen molar-refractivity contribution in [1.29, 1.82) is 0 Å². The van der Waals surface area contributed by atoms with Gasteiger partial charge in [-0.2, -0.15) is 0 Å². The summed E-state index contributed by atoms with van der Waals surface area (Å²) in [6.07, 6.45) is 1.89. The molecule has 1 spiro atoms. The molecule has 1 aliphatic carbocycles. The number of fused-ring (bicyclic) bond motifs is 2. The Morgan fingerprint density at radius 2 is 1.70 bits per heavy atom. The number of likely N-dealkylation sites (tertiary alicyclic amines) is 1. The first kappa shape index (κ1) is 20.8. The molecule has 0 aromatic heterocycles. The van der Waals surface area contributed by atoms with E-state index in [1.807, 2.05) is 12.1 Å². The van der Waals surface area contributed by atoms with Gasteiger partial charge in [0.15, 0.2) is 11.1 Å². The van der Waals surface area contributed by atoms with Crippen LogP contribution in [0.15, 0.2) is 60.7 Å². The van der Waals surface area contributed by atoms with Crippen molar-refractivity contribution in [3.8, 4) is 21.6 Å². The summed E-state index contributed by atoms with van der Waals surface area (Å²) in [6.45, 7) is 4.40. The van der Waals surface area contributed by atoms with Gasteiger partial charge in [0.05, 0.1) is 13.2 Å². The second kappa shape index (κ2) is 8.22. The first-order valence-corrected chi connectivity index (χ1v) is 12.3. The minimum absolute atomic E-state index is 0.316. The molecule has 0 atom stereocenters. The molecular formula is C27H28N3O2S+. The maximum atomic E-state index is 6.09. The number of benzene rings is 3. The van der Waals surface area contributed by atoms with Crippen molar-refractivity contribution in [2.24, 2.45) is 0 Å². The lowest BCUT2D eigenvalue weighted by Gasteiger charge is -2.37. The van der Waals surface area contributed by atoms with Crippen LogP contribution in [0.2, 0.25) is 0 Å². The van der Waals surface area contributed by atoms with Crippen molar-refractivity contribution in [1.82, 2.24) is 4.90 Å². The normalized spacial score (nSPS) is 18.4. The predicted molar refractivity (Wildman–Crippen MR) is 133 cm³/mol. The highest BCUT2D eigenvalue weighted by Crippen LogP contribution is 2.43. The van der Waals surface area contributed by atoms with E-state index in [2.05, 4.69) is 53.4 Å². The van der Waals surface area contributed by atoms with E-state index < -0.39 is 0 Å². The van der Waals surface area contributed by atoms with Gasteiger partial charge in [-0.15, -0.1) is 11.3 Å². The van der Waals surface area contributed by atoms with E-state index >= 15 is 0 Å². The molecule has 5 nitrogen and oxygen atoms in total. The maximum absolute atomic E-state index is 6.09. The molecule has 0 unspecified atom stereocenters. The minimum Gasteiger partial charge on any atom is -0.399 e. The fraction of sp³-hybridized carbons (Fsp3) is 0.296. The molecule has 2 aromatic rings. The number of rotatable bonds is 3. The maximum Gasteiger partial charge on any atom is 0.198 e. The lowest BCUT2D eigenvalue weighted by molar-refractivity contribution is -0.185. The van der Waals surface area contributed by atoms with Crippen LogP contribution in [-0.4, -0.2) is 37.0 Å². The fourth-order valence-electron chi connectivity index (χ4n) is 5.11. The van der Waals surface area contributed by atoms with Crippen molar-refractivity contribution < 1.29 is 14.9 Å². The Morgan fingerprint density at radius 3 is 2.45 bits per heavy atom. The highest BCUT2D eigenvalue weighted by Gasteiger charge is 2.39. The number of anilines is 1. The van der Waals surface area contributed by atoms with Gasteiger partial charge in [0.1, 0.15) is 0 Å². The minimum atomic E-state index is -0.316. The lowest BCUT2D eigenvalue weighted by atomic mass is 9.94. The summed E-state index contributed by atoms with van der Waals surface area (Å²) in [7, 11) is 0. The van der Waals surface area contributed by atoms with Crippen LogP contribution < -0.4 is 16.5 Å². The molecule has 4 N–H and O–H groups in total. The molecule has 0 amide bonds. The van der Waals surface area contributed by atoms with Gasteiger partial charge >= 0.3 is 0 Å². The summed E-state index contributed by atoms with van der Waals surface area (Å²) in [5.41, 5.74) is 11.9. The summed E-state index contributed by atoms with van der Waals surface area (Å²) >= 11 is 1.74. The van der Waals surface area contributed by atoms with Crippen molar-refractivity contribution in [3.63, 3.8) is 0 Å². The Kier molecular flexibility index (Phi) is 5.18. The van der Waals surface area contributed by atoms with E-state index in [0.717, 1.165) is 56.7 Å². The molecule has 33 heavy (non-hydrogen) atoms. The lowest BCUT2D eigenvalue weighted by Crippen LogP contribution is -2.44. The predicted octanol–water partition coefficient (Wildman–Crippen LogP) is 3.25. The van der Waals surface area contributed by atoms with E-state index in [0.29, 0.717) is 0 Å². The summed E-state index contributed by atoms with van der Waals surface area (Å²) in [4.78, 5) is 3.66.